The second-order valence-corrected chi connectivity index (χ2v) is 8.50. The highest BCUT2D eigenvalue weighted by atomic mass is 16.4. The van der Waals surface area contributed by atoms with Gasteiger partial charge < -0.3 is 42.5 Å². The monoisotopic (exact) mass is 486 g/mol. The van der Waals surface area contributed by atoms with Gasteiger partial charge in [0.25, 0.3) is 0 Å². The Bertz CT molecular complexity index is 774. The van der Waals surface area contributed by atoms with E-state index in [-0.39, 0.29) is 38.1 Å². The molecule has 0 radical (unpaired) electrons. The van der Waals surface area contributed by atoms with Gasteiger partial charge in [-0.2, -0.15) is 0 Å². The highest BCUT2D eigenvalue weighted by Crippen LogP contribution is 2.07. The minimum atomic E-state index is -1.25. The molecule has 1 saturated heterocycles. The van der Waals surface area contributed by atoms with Crippen LogP contribution in [0, 0.1) is 5.92 Å². The van der Waals surface area contributed by atoms with Crippen LogP contribution in [0.25, 0.3) is 0 Å². The lowest BCUT2D eigenvalue weighted by Gasteiger charge is -2.24. The van der Waals surface area contributed by atoms with Crippen LogP contribution in [0.1, 0.15) is 39.5 Å². The maximum Gasteiger partial charge on any atom is 0.322 e. The van der Waals surface area contributed by atoms with Gasteiger partial charge in [0.1, 0.15) is 18.6 Å². The molecule has 0 aromatic rings. The summed E-state index contributed by atoms with van der Waals surface area (Å²) in [6.07, 6.45) is -0.628. The number of nitrogens with one attached hydrogen (secondary N) is 5. The third kappa shape index (κ3) is 11.0. The minimum Gasteiger partial charge on any atom is -0.480 e. The molecule has 5 amide bonds. The summed E-state index contributed by atoms with van der Waals surface area (Å²) < 4.78 is 0. The van der Waals surface area contributed by atoms with Gasteiger partial charge in [-0.25, -0.2) is 0 Å². The first-order valence-corrected chi connectivity index (χ1v) is 11.0. The molecular formula is C20H34N6O8. The van der Waals surface area contributed by atoms with Crippen LogP contribution in [0.4, 0.5) is 0 Å². The Labute approximate surface area is 196 Å². The van der Waals surface area contributed by atoms with Crippen LogP contribution in [0.2, 0.25) is 0 Å². The molecule has 1 aliphatic heterocycles. The zero-order valence-electron chi connectivity index (χ0n) is 19.3. The molecule has 1 fully saturated rings. The summed E-state index contributed by atoms with van der Waals surface area (Å²) in [5.74, 6) is -4.66. The van der Waals surface area contributed by atoms with E-state index in [2.05, 4.69) is 26.6 Å². The number of carboxylic acid groups (broad SMARTS) is 1. The van der Waals surface area contributed by atoms with Crippen LogP contribution >= 0.6 is 0 Å². The second-order valence-electron chi connectivity index (χ2n) is 8.50. The summed E-state index contributed by atoms with van der Waals surface area (Å²) in [5.41, 5.74) is 5.15. The van der Waals surface area contributed by atoms with Gasteiger partial charge in [-0.3, -0.25) is 28.8 Å². The number of carbonyl (C=O) groups is 6. The van der Waals surface area contributed by atoms with Crippen LogP contribution in [-0.4, -0.2) is 89.6 Å². The fourth-order valence-electron chi connectivity index (χ4n) is 3.27. The third-order valence-electron chi connectivity index (χ3n) is 4.93. The molecule has 14 nitrogen and oxygen atoms in total. The summed E-state index contributed by atoms with van der Waals surface area (Å²) in [4.78, 5) is 71.5. The van der Waals surface area contributed by atoms with E-state index in [9.17, 15) is 33.9 Å². The van der Waals surface area contributed by atoms with Gasteiger partial charge in [-0.1, -0.05) is 13.8 Å². The molecule has 0 aliphatic carbocycles. The molecular weight excluding hydrogens is 452 g/mol. The molecule has 9 N–H and O–H groups in total. The lowest BCUT2D eigenvalue weighted by atomic mass is 10.0. The van der Waals surface area contributed by atoms with Crippen LogP contribution < -0.4 is 32.3 Å². The van der Waals surface area contributed by atoms with Crippen molar-refractivity contribution in [1.29, 1.82) is 0 Å². The van der Waals surface area contributed by atoms with Crippen molar-refractivity contribution in [1.82, 2.24) is 26.6 Å². The number of hydrogen-bond acceptors (Lipinski definition) is 8. The third-order valence-corrected chi connectivity index (χ3v) is 4.93. The van der Waals surface area contributed by atoms with E-state index in [1.54, 1.807) is 13.8 Å². The number of amides is 5. The summed E-state index contributed by atoms with van der Waals surface area (Å²) in [6.45, 7) is 2.78. The van der Waals surface area contributed by atoms with Crippen LogP contribution in [-0.2, 0) is 28.8 Å². The van der Waals surface area contributed by atoms with Crippen LogP contribution in [0.5, 0.6) is 0 Å². The molecule has 0 aromatic heterocycles. The summed E-state index contributed by atoms with van der Waals surface area (Å²) in [5, 5.41) is 30.5. The van der Waals surface area contributed by atoms with E-state index >= 15 is 0 Å². The van der Waals surface area contributed by atoms with Crippen molar-refractivity contribution in [3.05, 3.63) is 0 Å². The van der Waals surface area contributed by atoms with Crippen molar-refractivity contribution < 1.29 is 39.0 Å². The maximum absolute atomic E-state index is 12.8. The van der Waals surface area contributed by atoms with Gasteiger partial charge in [0.15, 0.2) is 0 Å². The van der Waals surface area contributed by atoms with Crippen molar-refractivity contribution in [3.63, 3.8) is 0 Å². The molecule has 0 bridgehead atoms. The Hall–Kier alpha value is -3.26. The highest BCUT2D eigenvalue weighted by molar-refractivity contribution is 5.94. The predicted molar refractivity (Wildman–Crippen MR) is 118 cm³/mol. The fraction of sp³-hybridized carbons (Fsp3) is 0.700. The predicted octanol–water partition coefficient (Wildman–Crippen LogP) is -3.69. The topological polar surface area (TPSA) is 229 Å². The molecule has 0 aromatic carbocycles. The molecule has 0 saturated carbocycles. The molecule has 192 valence electrons. The van der Waals surface area contributed by atoms with E-state index in [0.717, 1.165) is 0 Å². The van der Waals surface area contributed by atoms with Gasteiger partial charge in [0, 0.05) is 13.0 Å². The van der Waals surface area contributed by atoms with Gasteiger partial charge in [0.05, 0.1) is 18.7 Å². The first-order chi connectivity index (χ1) is 15.9. The lowest BCUT2D eigenvalue weighted by Crippen LogP contribution is -2.55. The van der Waals surface area contributed by atoms with Crippen molar-refractivity contribution in [2.75, 3.05) is 19.6 Å². The molecule has 14 heteroatoms. The van der Waals surface area contributed by atoms with E-state index in [4.69, 9.17) is 10.8 Å². The van der Waals surface area contributed by atoms with Gasteiger partial charge in [0.2, 0.25) is 29.5 Å². The van der Waals surface area contributed by atoms with Crippen molar-refractivity contribution >= 4 is 35.5 Å². The fourth-order valence-corrected chi connectivity index (χ4v) is 3.27. The largest absolute Gasteiger partial charge is 0.480 e. The molecule has 34 heavy (non-hydrogen) atoms. The molecule has 1 aliphatic rings. The number of rotatable bonds is 14. The molecule has 1 heterocycles. The van der Waals surface area contributed by atoms with Gasteiger partial charge in [-0.05, 0) is 25.2 Å². The first kappa shape index (κ1) is 28.8. The first-order valence-electron chi connectivity index (χ1n) is 11.0. The quantitative estimate of drug-likeness (QED) is 0.121. The zero-order chi connectivity index (χ0) is 25.8. The number of hydrogen-bond donors (Lipinski definition) is 8. The van der Waals surface area contributed by atoms with Crippen molar-refractivity contribution in [3.8, 4) is 0 Å². The summed E-state index contributed by atoms with van der Waals surface area (Å²) in [6, 6.07) is -2.94. The molecule has 4 atom stereocenters. The normalized spacial score (nSPS) is 19.1. The van der Waals surface area contributed by atoms with Gasteiger partial charge in [-0.15, -0.1) is 0 Å². The molecule has 1 rings (SSSR count). The number of aliphatic hydroxyl groups excluding tert-OH is 1. The van der Waals surface area contributed by atoms with Crippen molar-refractivity contribution in [2.45, 2.75) is 63.8 Å². The maximum atomic E-state index is 12.8. The molecule has 0 unspecified atom stereocenters. The Morgan fingerprint density at radius 3 is 2.21 bits per heavy atom. The van der Waals surface area contributed by atoms with Crippen LogP contribution in [0.3, 0.4) is 0 Å². The number of primary amides is 1. The smallest absolute Gasteiger partial charge is 0.322 e. The lowest BCUT2D eigenvalue weighted by molar-refractivity contribution is -0.138. The van der Waals surface area contributed by atoms with Crippen molar-refractivity contribution in [2.24, 2.45) is 11.7 Å². The Morgan fingerprint density at radius 2 is 1.68 bits per heavy atom. The standard InChI is InChI=1S/C20H34N6O8/c1-10(2)5-14(19(33)24-9-17(30)31)26-20(34)12(3-4-15(21)28)25-16(29)8-23-18(32)13-6-11(27)7-22-13/h10-14,22,27H,3-9H2,1-2H3,(H2,21,28)(H,23,32)(H,24,33)(H,25,29)(H,26,34)(H,30,31)/t11-,12-,13+,14+/m0/s1. The van der Waals surface area contributed by atoms with Crippen LogP contribution in [0.15, 0.2) is 0 Å². The average molecular weight is 487 g/mol. The minimum absolute atomic E-state index is 0.0301. The number of aliphatic hydroxyl groups is 1. The number of aliphatic carboxylic acids is 1. The molecule has 0 spiro atoms. The number of β-amino-alcohol motifs (C(OH)–C–C–N with tert-alkyl or cyclic N) is 1. The summed E-state index contributed by atoms with van der Waals surface area (Å²) in [7, 11) is 0. The van der Waals surface area contributed by atoms with Gasteiger partial charge >= 0.3 is 5.97 Å². The van der Waals surface area contributed by atoms with E-state index < -0.39 is 72.8 Å². The van der Waals surface area contributed by atoms with E-state index in [1.807, 2.05) is 0 Å². The summed E-state index contributed by atoms with van der Waals surface area (Å²) >= 11 is 0. The average Bonchev–Trinajstić information content (AvgIpc) is 3.18. The SMILES string of the molecule is CC(C)C[C@@H](NC(=O)[C@H](CCC(N)=O)NC(=O)CNC(=O)[C@H]1C[C@H](O)CN1)C(=O)NCC(=O)O. The number of carboxylic acids is 1. The second kappa shape index (κ2) is 14.1. The Morgan fingerprint density at radius 1 is 1.00 bits per heavy atom. The highest BCUT2D eigenvalue weighted by Gasteiger charge is 2.30. The number of nitrogens with two attached hydrogens (primary N) is 1. The zero-order valence-corrected chi connectivity index (χ0v) is 19.3. The van der Waals surface area contributed by atoms with E-state index in [1.165, 1.54) is 0 Å². The Kier molecular flexibility index (Phi) is 11.9. The van der Waals surface area contributed by atoms with E-state index in [0.29, 0.717) is 0 Å². The Balaban J connectivity index is 2.76. The number of carbonyl (C=O) groups excluding carboxylic acids is 5.